The number of nitrogens with zero attached hydrogens (tertiary/aromatic N) is 5. The zero-order chi connectivity index (χ0) is 52.3. The second kappa shape index (κ2) is 16.1. The Bertz CT molecular complexity index is 5510. The van der Waals surface area contributed by atoms with E-state index in [-0.39, 0.29) is 0 Å². The van der Waals surface area contributed by atoms with Crippen molar-refractivity contribution in [2.24, 2.45) is 0 Å². The molecule has 5 nitrogen and oxygen atoms in total. The molecule has 5 heteroatoms. The number of hydrogen-bond acceptors (Lipinski definition) is 1. The minimum Gasteiger partial charge on any atom is -0.306 e. The first kappa shape index (κ1) is 43.2. The van der Waals surface area contributed by atoms with Gasteiger partial charge in [-0.2, -0.15) is 5.26 Å². The Hall–Kier alpha value is -10.9. The Labute approximate surface area is 457 Å². The van der Waals surface area contributed by atoms with Gasteiger partial charge in [-0.05, 0) is 111 Å². The molecule has 5 aromatic heterocycles. The van der Waals surface area contributed by atoms with Crippen molar-refractivity contribution in [2.75, 3.05) is 0 Å². The van der Waals surface area contributed by atoms with Crippen LogP contribution < -0.4 is 0 Å². The van der Waals surface area contributed by atoms with Crippen LogP contribution >= 0.6 is 0 Å². The zero-order valence-corrected chi connectivity index (χ0v) is 43.1. The van der Waals surface area contributed by atoms with Crippen LogP contribution in [0.2, 0.25) is 0 Å². The minimum atomic E-state index is 0.598. The third-order valence-corrected chi connectivity index (χ3v) is 17.5. The predicted octanol–water partition coefficient (Wildman–Crippen LogP) is 19.6. The van der Waals surface area contributed by atoms with Gasteiger partial charge in [0.1, 0.15) is 11.6 Å². The van der Waals surface area contributed by atoms with Crippen molar-refractivity contribution in [1.29, 1.82) is 5.26 Å². The highest BCUT2D eigenvalue weighted by Crippen LogP contribution is 2.52. The molecular formula is C75H43N5. The van der Waals surface area contributed by atoms with Crippen LogP contribution in [0.1, 0.15) is 5.56 Å². The summed E-state index contributed by atoms with van der Waals surface area (Å²) in [5.74, 6) is 0. The normalized spacial score (nSPS) is 12.2. The van der Waals surface area contributed by atoms with Crippen LogP contribution in [0.5, 0.6) is 0 Å². The molecule has 0 radical (unpaired) electrons. The summed E-state index contributed by atoms with van der Waals surface area (Å²) in [5, 5.41) is 28.6. The van der Waals surface area contributed by atoms with E-state index in [0.717, 1.165) is 143 Å². The Morgan fingerprint density at radius 1 is 0.250 bits per heavy atom. The van der Waals surface area contributed by atoms with Crippen molar-refractivity contribution in [3.8, 4) is 45.4 Å². The van der Waals surface area contributed by atoms with Gasteiger partial charge in [-0.1, -0.05) is 194 Å². The number of rotatable bonds is 5. The van der Waals surface area contributed by atoms with E-state index in [1.807, 2.05) is 0 Å². The summed E-state index contributed by atoms with van der Waals surface area (Å²) in [6.45, 7) is 0. The molecule has 5 heterocycles. The number of fused-ring (bicyclic) bond motifs is 17. The van der Waals surface area contributed by atoms with Crippen molar-refractivity contribution in [2.45, 2.75) is 0 Å². The third-order valence-electron chi connectivity index (χ3n) is 17.5. The molecule has 0 fully saturated rings. The van der Waals surface area contributed by atoms with Crippen LogP contribution in [0.3, 0.4) is 0 Å². The molecule has 18 aromatic rings. The van der Waals surface area contributed by atoms with Gasteiger partial charge >= 0.3 is 0 Å². The highest BCUT2D eigenvalue weighted by atomic mass is 15.1. The molecule has 0 bridgehead atoms. The lowest BCUT2D eigenvalue weighted by Gasteiger charge is -2.25. The van der Waals surface area contributed by atoms with Crippen molar-refractivity contribution < 1.29 is 0 Å². The van der Waals surface area contributed by atoms with Crippen molar-refractivity contribution in [1.82, 2.24) is 18.1 Å². The molecule has 0 aliphatic heterocycles. The molecule has 0 saturated heterocycles. The summed E-state index contributed by atoms with van der Waals surface area (Å²) in [7, 11) is 0. The summed E-state index contributed by atoms with van der Waals surface area (Å²) in [6, 6.07) is 98.4. The average Bonchev–Trinajstić information content (AvgIpc) is 3.44. The van der Waals surface area contributed by atoms with Gasteiger partial charge in [0.15, 0.2) is 0 Å². The Morgan fingerprint density at radius 2 is 0.613 bits per heavy atom. The van der Waals surface area contributed by atoms with E-state index in [9.17, 15) is 5.26 Å². The molecule has 0 atom stereocenters. The Balaban J connectivity index is 1.10. The van der Waals surface area contributed by atoms with Gasteiger partial charge in [0, 0.05) is 53.9 Å². The van der Waals surface area contributed by atoms with Crippen molar-refractivity contribution in [3.63, 3.8) is 0 Å². The molecule has 18 rings (SSSR count). The molecule has 0 unspecified atom stereocenters. The van der Waals surface area contributed by atoms with E-state index in [2.05, 4.69) is 285 Å². The first-order valence-corrected chi connectivity index (χ1v) is 27.4. The first-order chi connectivity index (χ1) is 39.7. The summed E-state index contributed by atoms with van der Waals surface area (Å²) in [5.41, 5.74) is 17.3. The fraction of sp³-hybridized carbons (Fsp3) is 0. The Morgan fingerprint density at radius 3 is 1.11 bits per heavy atom. The van der Waals surface area contributed by atoms with Gasteiger partial charge in [-0.15, -0.1) is 0 Å². The van der Waals surface area contributed by atoms with Gasteiger partial charge in [-0.3, -0.25) is 0 Å². The third kappa shape index (κ3) is 5.73. The van der Waals surface area contributed by atoms with Gasteiger partial charge in [-0.25, -0.2) is 0 Å². The largest absolute Gasteiger partial charge is 0.306 e. The van der Waals surface area contributed by atoms with E-state index < -0.39 is 0 Å². The van der Waals surface area contributed by atoms with Crippen LogP contribution in [0.25, 0.3) is 164 Å². The molecule has 0 saturated carbocycles. The van der Waals surface area contributed by atoms with Crippen LogP contribution in [0, 0.1) is 11.3 Å². The summed E-state index contributed by atoms with van der Waals surface area (Å²) in [6.07, 6.45) is 0. The lowest BCUT2D eigenvalue weighted by Crippen LogP contribution is -2.12. The number of para-hydroxylation sites is 6. The molecule has 0 spiro atoms. The average molecular weight is 1010 g/mol. The SMILES string of the molecule is N#Cc1c(-n2c3ccccc3c3ccccc32)c(-n2c3ccc(-c4ccc5ccccc5c4)cc3c3cc(-c4ccc5ccccc5c4)ccc32)c(-n2c3ccccc3c3ccccc32)c2c3cccc4c5ccccc5n(c12)c43. The predicted molar refractivity (Wildman–Crippen MR) is 335 cm³/mol. The van der Waals surface area contributed by atoms with Gasteiger partial charge in [0.05, 0.1) is 66.7 Å². The summed E-state index contributed by atoms with van der Waals surface area (Å²) >= 11 is 0. The highest BCUT2D eigenvalue weighted by molar-refractivity contribution is 6.29. The molecule has 13 aromatic carbocycles. The van der Waals surface area contributed by atoms with E-state index in [1.165, 1.54) is 21.5 Å². The quantitative estimate of drug-likeness (QED) is 0.169. The number of nitriles is 1. The topological polar surface area (TPSA) is 43.0 Å². The monoisotopic (exact) mass is 1010 g/mol. The van der Waals surface area contributed by atoms with Crippen LogP contribution in [-0.4, -0.2) is 18.1 Å². The summed E-state index contributed by atoms with van der Waals surface area (Å²) < 4.78 is 9.86. The number of hydrogen-bond donors (Lipinski definition) is 0. The van der Waals surface area contributed by atoms with Crippen molar-refractivity contribution in [3.05, 3.63) is 266 Å². The molecular weight excluding hydrogens is 971 g/mol. The van der Waals surface area contributed by atoms with Gasteiger partial charge < -0.3 is 18.1 Å². The zero-order valence-electron chi connectivity index (χ0n) is 43.1. The second-order valence-electron chi connectivity index (χ2n) is 21.5. The maximum absolute atomic E-state index is 12.6. The Kier molecular flexibility index (Phi) is 8.67. The maximum atomic E-state index is 12.6. The van der Waals surface area contributed by atoms with Crippen LogP contribution in [0.15, 0.2) is 261 Å². The molecule has 0 amide bonds. The van der Waals surface area contributed by atoms with E-state index in [4.69, 9.17) is 0 Å². The van der Waals surface area contributed by atoms with Gasteiger partial charge in [0.2, 0.25) is 0 Å². The standard InChI is InChI=1S/C75H43N5/c76-44-62-72-70(59-26-15-25-58-57-24-9-14-31-67(57)80(72)71(58)59)74(78-65-29-12-7-22-55(65)56-23-8-13-30-66(56)78)75(73(62)77-63-27-10-5-20-53(63)54-21-6-11-28-64(54)77)79-68-38-36-51(49-34-32-45-16-1-3-18-47(45)40-49)42-60(68)61-43-52(37-39-69(61)79)50-35-33-46-17-2-4-19-48(46)41-50/h1-43H. The van der Waals surface area contributed by atoms with E-state index in [0.29, 0.717) is 5.56 Å². The minimum absolute atomic E-state index is 0.598. The number of aromatic nitrogens is 4. The molecule has 80 heavy (non-hydrogen) atoms. The molecule has 0 aliphatic rings. The van der Waals surface area contributed by atoms with Crippen molar-refractivity contribution >= 4 is 125 Å². The highest BCUT2D eigenvalue weighted by Gasteiger charge is 2.34. The molecule has 0 aliphatic carbocycles. The summed E-state index contributed by atoms with van der Waals surface area (Å²) in [4.78, 5) is 0. The van der Waals surface area contributed by atoms with E-state index in [1.54, 1.807) is 0 Å². The van der Waals surface area contributed by atoms with E-state index >= 15 is 0 Å². The number of benzene rings is 13. The van der Waals surface area contributed by atoms with Crippen LogP contribution in [0.4, 0.5) is 0 Å². The fourth-order valence-corrected chi connectivity index (χ4v) is 14.1. The molecule has 368 valence electrons. The van der Waals surface area contributed by atoms with Crippen LogP contribution in [-0.2, 0) is 0 Å². The fourth-order valence-electron chi connectivity index (χ4n) is 14.1. The maximum Gasteiger partial charge on any atom is 0.104 e. The molecule has 0 N–H and O–H groups in total. The lowest BCUT2D eigenvalue weighted by molar-refractivity contribution is 1.06. The lowest BCUT2D eigenvalue weighted by atomic mass is 9.98. The second-order valence-corrected chi connectivity index (χ2v) is 21.5. The first-order valence-electron chi connectivity index (χ1n) is 27.4. The smallest absolute Gasteiger partial charge is 0.104 e. The van der Waals surface area contributed by atoms with Gasteiger partial charge in [0.25, 0.3) is 0 Å².